The molecule has 158 valence electrons. The first-order valence-corrected chi connectivity index (χ1v) is 10.4. The van der Waals surface area contributed by atoms with Crippen LogP contribution in [0.15, 0.2) is 35.4 Å². The molecule has 0 spiro atoms. The van der Waals surface area contributed by atoms with Crippen LogP contribution in [0.25, 0.3) is 11.0 Å². The highest BCUT2D eigenvalue weighted by molar-refractivity contribution is 6.29. The fourth-order valence-electron chi connectivity index (χ4n) is 4.19. The molecule has 1 fully saturated rings. The number of rotatable bonds is 5. The van der Waals surface area contributed by atoms with E-state index in [2.05, 4.69) is 15.3 Å². The van der Waals surface area contributed by atoms with Crippen LogP contribution in [-0.4, -0.2) is 32.1 Å². The van der Waals surface area contributed by atoms with Gasteiger partial charge in [-0.1, -0.05) is 11.6 Å². The first kappa shape index (κ1) is 20.4. The van der Waals surface area contributed by atoms with E-state index >= 15 is 0 Å². The lowest BCUT2D eigenvalue weighted by Gasteiger charge is -2.27. The van der Waals surface area contributed by atoms with Crippen LogP contribution < -0.4 is 15.7 Å². The zero-order valence-corrected chi connectivity index (χ0v) is 17.7. The maximum atomic E-state index is 12.8. The summed E-state index contributed by atoms with van der Waals surface area (Å²) in [4.78, 5) is 33.3. The van der Waals surface area contributed by atoms with E-state index in [1.54, 1.807) is 18.7 Å². The third kappa shape index (κ3) is 4.05. The normalized spacial score (nSPS) is 19.0. The van der Waals surface area contributed by atoms with E-state index in [1.807, 2.05) is 22.8 Å². The minimum atomic E-state index is -0.0774. The molecule has 0 radical (unpaired) electrons. The molecule has 2 aromatic heterocycles. The van der Waals surface area contributed by atoms with Gasteiger partial charge in [0.05, 0.1) is 30.5 Å². The summed E-state index contributed by atoms with van der Waals surface area (Å²) >= 11 is 5.82. The number of hydrogen-bond acceptors (Lipinski definition) is 5. The second-order valence-corrected chi connectivity index (χ2v) is 8.13. The molecule has 8 nitrogen and oxygen atoms in total. The Morgan fingerprint density at radius 2 is 2.00 bits per heavy atom. The molecule has 0 saturated heterocycles. The average Bonchev–Trinajstić information content (AvgIpc) is 2.98. The van der Waals surface area contributed by atoms with Crippen molar-refractivity contribution >= 4 is 34.4 Å². The maximum Gasteiger partial charge on any atom is 0.328 e. The molecule has 1 amide bonds. The van der Waals surface area contributed by atoms with Gasteiger partial charge in [0.2, 0.25) is 5.91 Å². The van der Waals surface area contributed by atoms with Crippen molar-refractivity contribution in [3.63, 3.8) is 0 Å². The highest BCUT2D eigenvalue weighted by Gasteiger charge is 2.27. The Kier molecular flexibility index (Phi) is 5.76. The molecule has 1 N–H and O–H groups in total. The maximum absolute atomic E-state index is 12.8. The van der Waals surface area contributed by atoms with Gasteiger partial charge in [-0.3, -0.25) is 18.9 Å². The monoisotopic (exact) mass is 429 g/mol. The summed E-state index contributed by atoms with van der Waals surface area (Å²) in [6.45, 7) is 0.636. The van der Waals surface area contributed by atoms with Crippen molar-refractivity contribution in [1.82, 2.24) is 19.1 Å². The minimum Gasteiger partial charge on any atom is -0.497 e. The minimum absolute atomic E-state index is 0.0300. The van der Waals surface area contributed by atoms with E-state index in [-0.39, 0.29) is 22.7 Å². The number of amides is 1. The van der Waals surface area contributed by atoms with Gasteiger partial charge in [0.15, 0.2) is 5.82 Å². The molecule has 0 atom stereocenters. The Morgan fingerprint density at radius 3 is 2.70 bits per heavy atom. The van der Waals surface area contributed by atoms with Gasteiger partial charge in [0.25, 0.3) is 0 Å². The average molecular weight is 430 g/mol. The number of aromatic nitrogens is 4. The fourth-order valence-corrected chi connectivity index (χ4v) is 4.34. The number of ether oxygens (including phenoxy) is 1. The van der Waals surface area contributed by atoms with Crippen LogP contribution in [0.1, 0.15) is 25.7 Å². The van der Waals surface area contributed by atoms with E-state index < -0.39 is 0 Å². The zero-order chi connectivity index (χ0) is 21.3. The Morgan fingerprint density at radius 1 is 1.23 bits per heavy atom. The third-order valence-corrected chi connectivity index (χ3v) is 6.05. The number of halogens is 1. The predicted molar refractivity (Wildman–Crippen MR) is 115 cm³/mol. The van der Waals surface area contributed by atoms with Crippen molar-refractivity contribution in [2.45, 2.75) is 32.2 Å². The van der Waals surface area contributed by atoms with Crippen molar-refractivity contribution < 1.29 is 9.53 Å². The van der Waals surface area contributed by atoms with Gasteiger partial charge in [-0.2, -0.15) is 0 Å². The quantitative estimate of drug-likeness (QED) is 0.672. The lowest BCUT2D eigenvalue weighted by Crippen LogP contribution is -2.31. The molecule has 1 aliphatic carbocycles. The Bertz CT molecular complexity index is 1130. The van der Waals surface area contributed by atoms with Crippen LogP contribution in [-0.2, 0) is 18.4 Å². The standard InChI is InChI=1S/C21H24ClN5O3/c1-26-16-8-7-15(30-2)9-17(16)27(21(26)29)12-13-3-5-14(6-4-13)20(28)25-19-11-23-10-18(22)24-19/h7-11,13-14H,3-6,12H2,1-2H3,(H,24,25,28). The number of aryl methyl sites for hydroxylation is 1. The summed E-state index contributed by atoms with van der Waals surface area (Å²) < 4.78 is 8.82. The van der Waals surface area contributed by atoms with Crippen molar-refractivity contribution in [2.24, 2.45) is 18.9 Å². The van der Waals surface area contributed by atoms with Gasteiger partial charge < -0.3 is 10.1 Å². The predicted octanol–water partition coefficient (Wildman–Crippen LogP) is 3.24. The smallest absolute Gasteiger partial charge is 0.328 e. The summed E-state index contributed by atoms with van der Waals surface area (Å²) in [5.74, 6) is 1.30. The van der Waals surface area contributed by atoms with Crippen molar-refractivity contribution in [3.8, 4) is 5.75 Å². The summed E-state index contributed by atoms with van der Waals surface area (Å²) in [7, 11) is 3.40. The molecule has 1 saturated carbocycles. The van der Waals surface area contributed by atoms with Gasteiger partial charge in [-0.25, -0.2) is 9.78 Å². The molecule has 2 heterocycles. The molecule has 1 aromatic carbocycles. The largest absolute Gasteiger partial charge is 0.497 e. The van der Waals surface area contributed by atoms with E-state index in [0.717, 1.165) is 42.5 Å². The second-order valence-electron chi connectivity index (χ2n) is 7.74. The van der Waals surface area contributed by atoms with Gasteiger partial charge in [0, 0.05) is 25.6 Å². The first-order valence-electron chi connectivity index (χ1n) is 9.98. The van der Waals surface area contributed by atoms with Crippen LogP contribution in [0.2, 0.25) is 5.15 Å². The number of nitrogens with zero attached hydrogens (tertiary/aromatic N) is 4. The summed E-state index contributed by atoms with van der Waals surface area (Å²) in [5, 5.41) is 3.04. The third-order valence-electron chi connectivity index (χ3n) is 5.87. The summed E-state index contributed by atoms with van der Waals surface area (Å²) in [6.07, 6.45) is 6.21. The number of hydrogen-bond donors (Lipinski definition) is 1. The summed E-state index contributed by atoms with van der Waals surface area (Å²) in [6, 6.07) is 5.67. The van der Waals surface area contributed by atoms with Crippen LogP contribution in [0.5, 0.6) is 5.75 Å². The molecule has 0 bridgehead atoms. The van der Waals surface area contributed by atoms with E-state index in [4.69, 9.17) is 16.3 Å². The van der Waals surface area contributed by atoms with Crippen LogP contribution in [0, 0.1) is 11.8 Å². The first-order chi connectivity index (χ1) is 14.5. The SMILES string of the molecule is COc1ccc2c(c1)n(CC1CCC(C(=O)Nc3cncc(Cl)n3)CC1)c(=O)n2C. The van der Waals surface area contributed by atoms with Crippen molar-refractivity contribution in [2.75, 3.05) is 12.4 Å². The molecule has 0 aliphatic heterocycles. The summed E-state index contributed by atoms with van der Waals surface area (Å²) in [5.41, 5.74) is 1.73. The highest BCUT2D eigenvalue weighted by Crippen LogP contribution is 2.31. The van der Waals surface area contributed by atoms with E-state index in [0.29, 0.717) is 18.3 Å². The zero-order valence-electron chi connectivity index (χ0n) is 17.0. The van der Waals surface area contributed by atoms with Gasteiger partial charge >= 0.3 is 5.69 Å². The van der Waals surface area contributed by atoms with E-state index in [1.165, 1.54) is 12.4 Å². The van der Waals surface area contributed by atoms with Crippen LogP contribution >= 0.6 is 11.6 Å². The number of imidazole rings is 1. The second kappa shape index (κ2) is 8.47. The topological polar surface area (TPSA) is 91.0 Å². The fraction of sp³-hybridized carbons (Fsp3) is 0.429. The number of nitrogens with one attached hydrogen (secondary N) is 1. The van der Waals surface area contributed by atoms with Crippen LogP contribution in [0.3, 0.4) is 0 Å². The number of methoxy groups -OCH3 is 1. The van der Waals surface area contributed by atoms with Crippen molar-refractivity contribution in [3.05, 3.63) is 46.2 Å². The van der Waals surface area contributed by atoms with Gasteiger partial charge in [-0.15, -0.1) is 0 Å². The molecule has 0 unspecified atom stereocenters. The number of fused-ring (bicyclic) bond motifs is 1. The highest BCUT2D eigenvalue weighted by atomic mass is 35.5. The molecule has 30 heavy (non-hydrogen) atoms. The number of carbonyl (C=O) groups excluding carboxylic acids is 1. The molecular formula is C21H24ClN5O3. The number of benzene rings is 1. The Labute approximate surface area is 178 Å². The van der Waals surface area contributed by atoms with E-state index in [9.17, 15) is 9.59 Å². The lowest BCUT2D eigenvalue weighted by atomic mass is 9.81. The van der Waals surface area contributed by atoms with Gasteiger partial charge in [0.1, 0.15) is 10.9 Å². The Balaban J connectivity index is 1.42. The molecule has 1 aliphatic rings. The number of anilines is 1. The van der Waals surface area contributed by atoms with Gasteiger partial charge in [-0.05, 0) is 43.7 Å². The van der Waals surface area contributed by atoms with Crippen LogP contribution in [0.4, 0.5) is 5.82 Å². The van der Waals surface area contributed by atoms with Crippen molar-refractivity contribution in [1.29, 1.82) is 0 Å². The molecule has 4 rings (SSSR count). The Hall–Kier alpha value is -2.87. The lowest BCUT2D eigenvalue weighted by molar-refractivity contribution is -0.121. The molecular weight excluding hydrogens is 406 g/mol. The molecule has 9 heteroatoms. The number of carbonyl (C=O) groups is 1. The molecule has 3 aromatic rings.